The summed E-state index contributed by atoms with van der Waals surface area (Å²) in [7, 11) is 1.55. The van der Waals surface area contributed by atoms with E-state index < -0.39 is 18.0 Å². The second-order valence-corrected chi connectivity index (χ2v) is 6.50. The van der Waals surface area contributed by atoms with Gasteiger partial charge >= 0.3 is 5.97 Å². The quantitative estimate of drug-likeness (QED) is 0.712. The van der Waals surface area contributed by atoms with Gasteiger partial charge < -0.3 is 19.5 Å². The lowest BCUT2D eigenvalue weighted by Gasteiger charge is -2.14. The molecule has 6 nitrogen and oxygen atoms in total. The van der Waals surface area contributed by atoms with E-state index in [-0.39, 0.29) is 0 Å². The molecule has 0 aromatic heterocycles. The Bertz CT molecular complexity index is 770. The average molecular weight is 371 g/mol. The van der Waals surface area contributed by atoms with E-state index in [4.69, 9.17) is 14.2 Å². The second-order valence-electron chi connectivity index (χ2n) is 6.50. The Morgan fingerprint density at radius 3 is 2.33 bits per heavy atom. The van der Waals surface area contributed by atoms with Gasteiger partial charge in [-0.1, -0.05) is 19.9 Å². The molecular formula is C21H25NO5. The molecule has 0 aliphatic rings. The van der Waals surface area contributed by atoms with Gasteiger partial charge in [-0.2, -0.15) is 0 Å². The number of ether oxygens (including phenoxy) is 3. The number of hydrogen-bond donors (Lipinski definition) is 1. The highest BCUT2D eigenvalue weighted by molar-refractivity contribution is 5.97. The third-order valence-electron chi connectivity index (χ3n) is 3.66. The fourth-order valence-electron chi connectivity index (χ4n) is 2.18. The van der Waals surface area contributed by atoms with Crippen LogP contribution >= 0.6 is 0 Å². The van der Waals surface area contributed by atoms with Gasteiger partial charge in [0.15, 0.2) is 6.10 Å². The van der Waals surface area contributed by atoms with Crippen LogP contribution in [0.5, 0.6) is 11.5 Å². The molecule has 27 heavy (non-hydrogen) atoms. The molecule has 144 valence electrons. The van der Waals surface area contributed by atoms with Gasteiger partial charge in [-0.25, -0.2) is 4.79 Å². The average Bonchev–Trinajstić information content (AvgIpc) is 2.66. The van der Waals surface area contributed by atoms with Gasteiger partial charge in [-0.3, -0.25) is 4.79 Å². The molecule has 0 aliphatic carbocycles. The first-order chi connectivity index (χ1) is 12.9. The predicted octanol–water partition coefficient (Wildman–Crippen LogP) is 3.91. The molecule has 0 saturated carbocycles. The summed E-state index contributed by atoms with van der Waals surface area (Å²) < 4.78 is 15.9. The van der Waals surface area contributed by atoms with Crippen LogP contribution < -0.4 is 14.8 Å². The lowest BCUT2D eigenvalue weighted by molar-refractivity contribution is -0.123. The summed E-state index contributed by atoms with van der Waals surface area (Å²) in [5, 5.41) is 2.69. The van der Waals surface area contributed by atoms with Crippen LogP contribution in [0.1, 0.15) is 31.1 Å². The van der Waals surface area contributed by atoms with E-state index in [0.717, 1.165) is 0 Å². The van der Waals surface area contributed by atoms with Crippen molar-refractivity contribution in [2.45, 2.75) is 26.9 Å². The van der Waals surface area contributed by atoms with Crippen LogP contribution in [0, 0.1) is 5.92 Å². The number of amides is 1. The minimum atomic E-state index is -0.944. The van der Waals surface area contributed by atoms with Crippen molar-refractivity contribution < 1.29 is 23.8 Å². The predicted molar refractivity (Wildman–Crippen MR) is 103 cm³/mol. The monoisotopic (exact) mass is 371 g/mol. The molecule has 2 aromatic carbocycles. The van der Waals surface area contributed by atoms with Crippen molar-refractivity contribution in [3.05, 3.63) is 54.1 Å². The van der Waals surface area contributed by atoms with Crippen molar-refractivity contribution in [3.63, 3.8) is 0 Å². The van der Waals surface area contributed by atoms with Gasteiger partial charge in [0.2, 0.25) is 0 Å². The first-order valence-electron chi connectivity index (χ1n) is 8.77. The summed E-state index contributed by atoms with van der Waals surface area (Å²) in [4.78, 5) is 24.5. The largest absolute Gasteiger partial charge is 0.497 e. The van der Waals surface area contributed by atoms with Crippen LogP contribution in [0.25, 0.3) is 0 Å². The number of carbonyl (C=O) groups is 2. The summed E-state index contributed by atoms with van der Waals surface area (Å²) in [6.07, 6.45) is -0.944. The maximum atomic E-state index is 12.2. The Morgan fingerprint density at radius 1 is 1.00 bits per heavy atom. The van der Waals surface area contributed by atoms with Gasteiger partial charge in [-0.05, 0) is 49.2 Å². The fraction of sp³-hybridized carbons (Fsp3) is 0.333. The third kappa shape index (κ3) is 6.33. The lowest BCUT2D eigenvalue weighted by Crippen LogP contribution is -2.30. The molecule has 0 spiro atoms. The van der Waals surface area contributed by atoms with E-state index in [1.54, 1.807) is 55.6 Å². The zero-order valence-electron chi connectivity index (χ0n) is 16.0. The van der Waals surface area contributed by atoms with Crippen LogP contribution in [0.2, 0.25) is 0 Å². The zero-order chi connectivity index (χ0) is 19.8. The minimum absolute atomic E-state index is 0.355. The number of esters is 1. The van der Waals surface area contributed by atoms with Crippen molar-refractivity contribution in [1.82, 2.24) is 0 Å². The van der Waals surface area contributed by atoms with Crippen LogP contribution in [-0.4, -0.2) is 31.7 Å². The first-order valence-corrected chi connectivity index (χ1v) is 8.77. The lowest BCUT2D eigenvalue weighted by atomic mass is 10.2. The Kier molecular flexibility index (Phi) is 7.23. The molecule has 0 radical (unpaired) electrons. The number of rotatable bonds is 8. The Balaban J connectivity index is 1.90. The standard InChI is InChI=1S/C21H25NO5/c1-14(2)13-26-18-10-8-16(9-11-18)21(24)27-15(3)20(23)22-17-6-5-7-19(12-17)25-4/h5-12,14-15H,13H2,1-4H3,(H,22,23). The highest BCUT2D eigenvalue weighted by Crippen LogP contribution is 2.18. The van der Waals surface area contributed by atoms with Crippen LogP contribution in [0.3, 0.4) is 0 Å². The molecule has 0 bridgehead atoms. The molecule has 1 unspecified atom stereocenters. The molecular weight excluding hydrogens is 346 g/mol. The van der Waals surface area contributed by atoms with Gasteiger partial charge in [-0.15, -0.1) is 0 Å². The van der Waals surface area contributed by atoms with Crippen molar-refractivity contribution in [2.75, 3.05) is 19.0 Å². The van der Waals surface area contributed by atoms with E-state index >= 15 is 0 Å². The highest BCUT2D eigenvalue weighted by Gasteiger charge is 2.19. The van der Waals surface area contributed by atoms with Gasteiger partial charge in [0.1, 0.15) is 11.5 Å². The summed E-state index contributed by atoms with van der Waals surface area (Å²) >= 11 is 0. The molecule has 6 heteroatoms. The smallest absolute Gasteiger partial charge is 0.338 e. The highest BCUT2D eigenvalue weighted by atomic mass is 16.5. The summed E-state index contributed by atoms with van der Waals surface area (Å²) in [6.45, 7) is 6.24. The normalized spacial score (nSPS) is 11.6. The van der Waals surface area contributed by atoms with Gasteiger partial charge in [0.05, 0.1) is 19.3 Å². The van der Waals surface area contributed by atoms with Crippen LogP contribution in [0.4, 0.5) is 5.69 Å². The fourth-order valence-corrected chi connectivity index (χ4v) is 2.18. The first kappa shape index (κ1) is 20.3. The van der Waals surface area contributed by atoms with Crippen molar-refractivity contribution in [1.29, 1.82) is 0 Å². The molecule has 0 saturated heterocycles. The summed E-state index contributed by atoms with van der Waals surface area (Å²) in [5.41, 5.74) is 0.918. The number of methoxy groups -OCH3 is 1. The van der Waals surface area contributed by atoms with E-state index in [2.05, 4.69) is 19.2 Å². The van der Waals surface area contributed by atoms with E-state index in [0.29, 0.717) is 35.3 Å². The van der Waals surface area contributed by atoms with E-state index in [1.807, 2.05) is 0 Å². The minimum Gasteiger partial charge on any atom is -0.497 e. The number of benzene rings is 2. The molecule has 1 amide bonds. The molecule has 1 N–H and O–H groups in total. The van der Waals surface area contributed by atoms with Crippen LogP contribution in [-0.2, 0) is 9.53 Å². The van der Waals surface area contributed by atoms with Gasteiger partial charge in [0.25, 0.3) is 5.91 Å². The second kappa shape index (κ2) is 9.62. The van der Waals surface area contributed by atoms with Crippen molar-refractivity contribution in [3.8, 4) is 11.5 Å². The van der Waals surface area contributed by atoms with Gasteiger partial charge in [0, 0.05) is 11.8 Å². The maximum Gasteiger partial charge on any atom is 0.338 e. The number of nitrogens with one attached hydrogen (secondary N) is 1. The Labute approximate surface area is 159 Å². The third-order valence-corrected chi connectivity index (χ3v) is 3.66. The Hall–Kier alpha value is -3.02. The molecule has 0 fully saturated rings. The molecule has 0 heterocycles. The zero-order valence-corrected chi connectivity index (χ0v) is 16.0. The summed E-state index contributed by atoms with van der Waals surface area (Å²) in [5.74, 6) is 0.729. The molecule has 0 aliphatic heterocycles. The summed E-state index contributed by atoms with van der Waals surface area (Å²) in [6, 6.07) is 13.6. The maximum absolute atomic E-state index is 12.2. The molecule has 2 rings (SSSR count). The number of anilines is 1. The SMILES string of the molecule is COc1cccc(NC(=O)C(C)OC(=O)c2ccc(OCC(C)C)cc2)c1. The van der Waals surface area contributed by atoms with E-state index in [1.165, 1.54) is 6.92 Å². The number of carbonyl (C=O) groups excluding carboxylic acids is 2. The van der Waals surface area contributed by atoms with Crippen LogP contribution in [0.15, 0.2) is 48.5 Å². The Morgan fingerprint density at radius 2 is 1.70 bits per heavy atom. The number of hydrogen-bond acceptors (Lipinski definition) is 5. The van der Waals surface area contributed by atoms with E-state index in [9.17, 15) is 9.59 Å². The molecule has 1 atom stereocenters. The molecule has 2 aromatic rings. The van der Waals surface area contributed by atoms with Crippen molar-refractivity contribution >= 4 is 17.6 Å². The topological polar surface area (TPSA) is 73.9 Å². The van der Waals surface area contributed by atoms with Crippen molar-refractivity contribution in [2.24, 2.45) is 5.92 Å².